The van der Waals surface area contributed by atoms with Crippen LogP contribution >= 0.6 is 0 Å². The molecule has 0 fully saturated rings. The van der Waals surface area contributed by atoms with Crippen molar-refractivity contribution in [3.8, 4) is 0 Å². The molecule has 1 unspecified atom stereocenters. The van der Waals surface area contributed by atoms with Gasteiger partial charge in [-0.25, -0.2) is 0 Å². The molecule has 3 heteroatoms. The number of hydrogen-bond donors (Lipinski definition) is 1. The second-order valence-electron chi connectivity index (χ2n) is 10.4. The molecule has 31 heavy (non-hydrogen) atoms. The minimum Gasteiger partial charge on any atom is -0.328 e. The first kappa shape index (κ1) is 30.4. The Morgan fingerprint density at radius 2 is 0.968 bits per heavy atom. The van der Waals surface area contributed by atoms with Gasteiger partial charge in [0.2, 0.25) is 5.91 Å². The normalized spacial score (nSPS) is 13.5. The minimum atomic E-state index is -0.551. The van der Waals surface area contributed by atoms with E-state index >= 15 is 0 Å². The number of nitrogens with zero attached hydrogens (tertiary/aromatic N) is 1. The Bertz CT molecular complexity index is 406. The summed E-state index contributed by atoms with van der Waals surface area (Å²) in [5, 5.41) is 0. The third-order valence-electron chi connectivity index (χ3n) is 7.26. The summed E-state index contributed by atoms with van der Waals surface area (Å²) < 4.78 is 0. The lowest BCUT2D eigenvalue weighted by atomic mass is 9.97. The maximum Gasteiger partial charge on any atom is 0.223 e. The molecule has 0 aliphatic heterocycles. The second kappa shape index (κ2) is 20.1. The van der Waals surface area contributed by atoms with Gasteiger partial charge in [0.25, 0.3) is 0 Å². The van der Waals surface area contributed by atoms with Gasteiger partial charge in [-0.1, -0.05) is 136 Å². The zero-order chi connectivity index (χ0) is 23.4. The second-order valence-corrected chi connectivity index (χ2v) is 10.4. The maximum absolute atomic E-state index is 12.3. The van der Waals surface area contributed by atoms with Gasteiger partial charge in [0.15, 0.2) is 0 Å². The number of amides is 1. The SMILES string of the molecule is CCCCCCCCCCCCCCCCCCCCCC(=O)N(C)C(C)(N)C(C)C. The lowest BCUT2D eigenvalue weighted by Gasteiger charge is -2.39. The van der Waals surface area contributed by atoms with E-state index in [-0.39, 0.29) is 11.8 Å². The third-order valence-corrected chi connectivity index (χ3v) is 7.26. The van der Waals surface area contributed by atoms with Crippen LogP contribution in [0.2, 0.25) is 0 Å². The number of hydrogen-bond acceptors (Lipinski definition) is 2. The number of carbonyl (C=O) groups excluding carboxylic acids is 1. The molecule has 1 atom stereocenters. The van der Waals surface area contributed by atoms with Crippen molar-refractivity contribution >= 4 is 5.91 Å². The fraction of sp³-hybridized carbons (Fsp3) is 0.964. The summed E-state index contributed by atoms with van der Waals surface area (Å²) in [6.07, 6.45) is 26.8. The molecule has 2 N–H and O–H groups in total. The molecule has 0 aliphatic carbocycles. The molecule has 0 heterocycles. The molecular formula is C28H58N2O. The fourth-order valence-corrected chi connectivity index (χ4v) is 4.18. The Labute approximate surface area is 196 Å². The number of rotatable bonds is 22. The molecule has 186 valence electrons. The summed E-state index contributed by atoms with van der Waals surface area (Å²) in [6, 6.07) is 0. The molecular weight excluding hydrogens is 380 g/mol. The predicted octanol–water partition coefficient (Wildman–Crippen LogP) is 8.60. The topological polar surface area (TPSA) is 46.3 Å². The fourth-order valence-electron chi connectivity index (χ4n) is 4.18. The van der Waals surface area contributed by atoms with Gasteiger partial charge in [-0.15, -0.1) is 0 Å². The van der Waals surface area contributed by atoms with E-state index in [0.29, 0.717) is 6.42 Å². The molecule has 0 bridgehead atoms. The first-order valence-electron chi connectivity index (χ1n) is 13.9. The van der Waals surface area contributed by atoms with Crippen molar-refractivity contribution in [3.63, 3.8) is 0 Å². The highest BCUT2D eigenvalue weighted by Gasteiger charge is 2.30. The summed E-state index contributed by atoms with van der Waals surface area (Å²) in [5.41, 5.74) is 5.73. The minimum absolute atomic E-state index is 0.186. The zero-order valence-corrected chi connectivity index (χ0v) is 22.2. The Morgan fingerprint density at radius 3 is 1.26 bits per heavy atom. The van der Waals surface area contributed by atoms with Crippen LogP contribution in [-0.2, 0) is 4.79 Å². The van der Waals surface area contributed by atoms with Crippen molar-refractivity contribution in [2.24, 2.45) is 11.7 Å². The number of unbranched alkanes of at least 4 members (excludes halogenated alkanes) is 18. The van der Waals surface area contributed by atoms with E-state index in [1.807, 2.05) is 14.0 Å². The van der Waals surface area contributed by atoms with Crippen LogP contribution in [0.5, 0.6) is 0 Å². The van der Waals surface area contributed by atoms with Crippen LogP contribution in [0.15, 0.2) is 0 Å². The quantitative estimate of drug-likeness (QED) is 0.136. The molecule has 0 saturated carbocycles. The summed E-state index contributed by atoms with van der Waals surface area (Å²) in [7, 11) is 1.85. The van der Waals surface area contributed by atoms with Gasteiger partial charge in [-0.05, 0) is 19.3 Å². The molecule has 0 saturated heterocycles. The van der Waals surface area contributed by atoms with E-state index in [1.165, 1.54) is 116 Å². The Hall–Kier alpha value is -0.570. The van der Waals surface area contributed by atoms with E-state index < -0.39 is 5.66 Å². The summed E-state index contributed by atoms with van der Waals surface area (Å²) in [5.74, 6) is 0.442. The third kappa shape index (κ3) is 16.7. The number of nitrogens with two attached hydrogens (primary N) is 1. The van der Waals surface area contributed by atoms with Crippen LogP contribution < -0.4 is 5.73 Å². The van der Waals surface area contributed by atoms with E-state index in [0.717, 1.165) is 6.42 Å². The Morgan fingerprint density at radius 1 is 0.677 bits per heavy atom. The van der Waals surface area contributed by atoms with Crippen molar-refractivity contribution in [3.05, 3.63) is 0 Å². The largest absolute Gasteiger partial charge is 0.328 e. The van der Waals surface area contributed by atoms with Crippen molar-refractivity contribution in [1.82, 2.24) is 4.90 Å². The summed E-state index contributed by atoms with van der Waals surface area (Å²) in [4.78, 5) is 14.1. The highest BCUT2D eigenvalue weighted by Crippen LogP contribution is 2.19. The highest BCUT2D eigenvalue weighted by atomic mass is 16.2. The lowest BCUT2D eigenvalue weighted by Crippen LogP contribution is -2.57. The molecule has 1 amide bonds. The predicted molar refractivity (Wildman–Crippen MR) is 138 cm³/mol. The van der Waals surface area contributed by atoms with Gasteiger partial charge in [-0.3, -0.25) is 4.79 Å². The van der Waals surface area contributed by atoms with E-state index in [2.05, 4.69) is 20.8 Å². The van der Waals surface area contributed by atoms with Crippen LogP contribution in [0.3, 0.4) is 0 Å². The molecule has 0 rings (SSSR count). The Balaban J connectivity index is 3.33. The molecule has 0 aromatic heterocycles. The summed E-state index contributed by atoms with van der Waals surface area (Å²) >= 11 is 0. The maximum atomic E-state index is 12.3. The van der Waals surface area contributed by atoms with E-state index in [1.54, 1.807) is 4.90 Å². The molecule has 0 radical (unpaired) electrons. The average molecular weight is 439 g/mol. The standard InChI is InChI=1S/C28H58N2O/c1-6-7-8-9-10-11-12-13-14-15-16-17-18-19-20-21-22-23-24-25-27(31)30(5)28(4,29)26(2)3/h26H,6-25,29H2,1-5H3. The van der Waals surface area contributed by atoms with Crippen molar-refractivity contribution in [2.75, 3.05) is 7.05 Å². The van der Waals surface area contributed by atoms with Gasteiger partial charge in [-0.2, -0.15) is 0 Å². The van der Waals surface area contributed by atoms with Gasteiger partial charge in [0.05, 0.1) is 5.66 Å². The van der Waals surface area contributed by atoms with Crippen molar-refractivity contribution in [1.29, 1.82) is 0 Å². The molecule has 0 aromatic rings. The van der Waals surface area contributed by atoms with Crippen LogP contribution in [0.1, 0.15) is 156 Å². The smallest absolute Gasteiger partial charge is 0.223 e. The van der Waals surface area contributed by atoms with Crippen LogP contribution in [0.4, 0.5) is 0 Å². The summed E-state index contributed by atoms with van der Waals surface area (Å²) in [6.45, 7) is 8.38. The first-order chi connectivity index (χ1) is 14.8. The average Bonchev–Trinajstić information content (AvgIpc) is 2.74. The van der Waals surface area contributed by atoms with E-state index in [4.69, 9.17) is 5.73 Å². The van der Waals surface area contributed by atoms with Crippen molar-refractivity contribution < 1.29 is 4.79 Å². The molecule has 0 aromatic carbocycles. The zero-order valence-electron chi connectivity index (χ0n) is 22.2. The first-order valence-corrected chi connectivity index (χ1v) is 13.9. The molecule has 3 nitrogen and oxygen atoms in total. The molecule has 0 spiro atoms. The molecule has 0 aliphatic rings. The van der Waals surface area contributed by atoms with Gasteiger partial charge < -0.3 is 10.6 Å². The van der Waals surface area contributed by atoms with E-state index in [9.17, 15) is 4.79 Å². The number of carbonyl (C=O) groups is 1. The van der Waals surface area contributed by atoms with Gasteiger partial charge >= 0.3 is 0 Å². The van der Waals surface area contributed by atoms with Gasteiger partial charge in [0, 0.05) is 13.5 Å². The van der Waals surface area contributed by atoms with Crippen LogP contribution in [0, 0.1) is 5.92 Å². The monoisotopic (exact) mass is 438 g/mol. The highest BCUT2D eigenvalue weighted by molar-refractivity contribution is 5.76. The van der Waals surface area contributed by atoms with Crippen LogP contribution in [0.25, 0.3) is 0 Å². The lowest BCUT2D eigenvalue weighted by molar-refractivity contribution is -0.136. The van der Waals surface area contributed by atoms with Crippen LogP contribution in [-0.4, -0.2) is 23.5 Å². The Kier molecular flexibility index (Phi) is 19.7. The van der Waals surface area contributed by atoms with Gasteiger partial charge in [0.1, 0.15) is 0 Å². The van der Waals surface area contributed by atoms with Crippen molar-refractivity contribution in [2.45, 2.75) is 162 Å².